The van der Waals surface area contributed by atoms with E-state index >= 15 is 0 Å². The van der Waals surface area contributed by atoms with Crippen LogP contribution in [0.1, 0.15) is 85.6 Å². The van der Waals surface area contributed by atoms with E-state index in [2.05, 4.69) is 31.9 Å². The molecule has 6 amide bonds. The summed E-state index contributed by atoms with van der Waals surface area (Å²) < 4.78 is 22.7. The van der Waals surface area contributed by atoms with Gasteiger partial charge in [-0.25, -0.2) is 4.79 Å². The molecule has 2 unspecified atom stereocenters. The van der Waals surface area contributed by atoms with E-state index in [-0.39, 0.29) is 80.3 Å². The molecule has 8 rings (SSSR count). The number of nitrogens with zero attached hydrogens (tertiary/aromatic N) is 1. The van der Waals surface area contributed by atoms with Gasteiger partial charge in [-0.1, -0.05) is 106 Å². The van der Waals surface area contributed by atoms with Crippen LogP contribution >= 0.6 is 23.2 Å². The van der Waals surface area contributed by atoms with Crippen LogP contribution in [0.4, 0.5) is 38.9 Å². The minimum absolute atomic E-state index is 0.0669. The third-order valence-corrected chi connectivity index (χ3v) is 14.1. The molecule has 2 atom stereocenters. The van der Waals surface area contributed by atoms with Crippen LogP contribution < -0.4 is 50.8 Å². The maximum atomic E-state index is 12.6. The summed E-state index contributed by atoms with van der Waals surface area (Å²) in [6.07, 6.45) is 0.142. The zero-order valence-electron chi connectivity index (χ0n) is 51.1. The number of aromatic hydroxyl groups is 3. The lowest BCUT2D eigenvalue weighted by Gasteiger charge is -2.20. The van der Waals surface area contributed by atoms with Gasteiger partial charge in [-0.2, -0.15) is 5.26 Å². The van der Waals surface area contributed by atoms with Gasteiger partial charge >= 0.3 is 6.03 Å². The number of ether oxygens (including phenoxy) is 4. The van der Waals surface area contributed by atoms with Crippen molar-refractivity contribution in [1.29, 1.82) is 5.26 Å². The van der Waals surface area contributed by atoms with Gasteiger partial charge in [-0.15, -0.1) is 0 Å². The standard InChI is InChI=1S/C25H24N4O5.C24H24N2O4.C20H23Cl2NO3/c1-15(2)24(31)28-21-12-22(30)20(13-23(21)34-19-10-8-18(33-3)9-11-19)29-25(32)27-17-6-4-16(14-26)5-7-17;1-3-22(30-19-11-7-8-16(2)14-19)24(29)25-18-12-13-20(21(27)15-18)26-23(28)17-9-5-4-6-10-17;1-5-13-14(21)10-15(19(24)18(13)22)23-20(25)16(6-2)26-17-8-7-11(3)9-12(17)4/h4-13,15,30H,1-3H3,(H,28,31)(H2,27,29,32);4-15,22,27H,3H2,1-2H3,(H,25,29)(H,26,28);7-10,16,24H,5-6H2,1-4H3,(H,23,25). The largest absolute Gasteiger partial charge is 0.506 e. The zero-order valence-corrected chi connectivity index (χ0v) is 52.6. The third-order valence-electron chi connectivity index (χ3n) is 13.3. The van der Waals surface area contributed by atoms with Gasteiger partial charge in [0.05, 0.1) is 46.5 Å². The molecule has 0 heterocycles. The highest BCUT2D eigenvalue weighted by molar-refractivity contribution is 6.37. The normalized spacial score (nSPS) is 11.1. The molecule has 0 aliphatic heterocycles. The summed E-state index contributed by atoms with van der Waals surface area (Å²) in [5.74, 6) is 0.393. The number of carbonyl (C=O) groups is 5. The maximum Gasteiger partial charge on any atom is 0.323 e. The van der Waals surface area contributed by atoms with Gasteiger partial charge < -0.3 is 66.2 Å². The molecule has 0 saturated heterocycles. The van der Waals surface area contributed by atoms with Crippen molar-refractivity contribution in [3.05, 3.63) is 201 Å². The topological polar surface area (TPSA) is 279 Å². The number of urea groups is 1. The number of halogens is 2. The molecule has 8 aromatic rings. The first-order valence-corrected chi connectivity index (χ1v) is 29.3. The number of hydrogen-bond acceptors (Lipinski definition) is 13. The summed E-state index contributed by atoms with van der Waals surface area (Å²) in [5.41, 5.74) is 6.31. The van der Waals surface area contributed by atoms with E-state index in [0.717, 1.165) is 16.7 Å². The second-order valence-corrected chi connectivity index (χ2v) is 21.4. The Labute approximate surface area is 532 Å². The van der Waals surface area contributed by atoms with Gasteiger partial charge in [0.25, 0.3) is 17.7 Å². The second kappa shape index (κ2) is 33.1. The first-order chi connectivity index (χ1) is 43.0. The van der Waals surface area contributed by atoms with Crippen LogP contribution in [0.15, 0.2) is 158 Å². The smallest absolute Gasteiger partial charge is 0.323 e. The summed E-state index contributed by atoms with van der Waals surface area (Å²) in [7, 11) is 1.55. The molecule has 8 aromatic carbocycles. The molecule has 0 aliphatic rings. The second-order valence-electron chi connectivity index (χ2n) is 20.6. The van der Waals surface area contributed by atoms with Crippen molar-refractivity contribution in [1.82, 2.24) is 0 Å². The van der Waals surface area contributed by atoms with Crippen molar-refractivity contribution in [2.75, 3.05) is 39.0 Å². The lowest BCUT2D eigenvalue weighted by Crippen LogP contribution is -2.32. The number of nitriles is 1. The van der Waals surface area contributed by atoms with E-state index < -0.39 is 18.2 Å². The lowest BCUT2D eigenvalue weighted by atomic mass is 10.1. The van der Waals surface area contributed by atoms with E-state index in [1.54, 1.807) is 106 Å². The number of amides is 6. The number of aryl methyl sites for hydroxylation is 3. The average molecular weight is 1260 g/mol. The van der Waals surface area contributed by atoms with Crippen molar-refractivity contribution in [3.8, 4) is 52.1 Å². The minimum atomic E-state index is -0.709. The molecule has 0 aliphatic carbocycles. The molecule has 19 nitrogen and oxygen atoms in total. The maximum absolute atomic E-state index is 12.6. The van der Waals surface area contributed by atoms with E-state index in [1.165, 1.54) is 30.3 Å². The number of benzene rings is 8. The van der Waals surface area contributed by atoms with Gasteiger partial charge in [0, 0.05) is 46.1 Å². The highest BCUT2D eigenvalue weighted by Crippen LogP contribution is 2.41. The van der Waals surface area contributed by atoms with Crippen LogP contribution in [0.3, 0.4) is 0 Å². The Morgan fingerprint density at radius 3 is 1.78 bits per heavy atom. The highest BCUT2D eigenvalue weighted by atomic mass is 35.5. The van der Waals surface area contributed by atoms with Crippen molar-refractivity contribution < 1.29 is 58.2 Å². The number of phenols is 3. The average Bonchev–Trinajstić information content (AvgIpc) is 1.16. The van der Waals surface area contributed by atoms with Crippen molar-refractivity contribution in [2.24, 2.45) is 5.92 Å². The number of carbonyl (C=O) groups excluding carboxylic acids is 5. The molecule has 9 N–H and O–H groups in total. The fourth-order valence-corrected chi connectivity index (χ4v) is 9.12. The first-order valence-electron chi connectivity index (χ1n) is 28.6. The summed E-state index contributed by atoms with van der Waals surface area (Å²) in [5, 5.41) is 56.4. The van der Waals surface area contributed by atoms with E-state index in [1.807, 2.05) is 90.1 Å². The molecule has 0 bridgehead atoms. The number of hydrogen-bond donors (Lipinski definition) is 9. The number of phenolic OH excluding ortho intramolecular Hbond substituents is 3. The van der Waals surface area contributed by atoms with Crippen molar-refractivity contribution >= 4 is 87.0 Å². The van der Waals surface area contributed by atoms with Crippen LogP contribution in [0.25, 0.3) is 0 Å². The molecule has 0 aromatic heterocycles. The van der Waals surface area contributed by atoms with Gasteiger partial charge in [0.1, 0.15) is 34.5 Å². The Morgan fingerprint density at radius 1 is 0.544 bits per heavy atom. The number of anilines is 6. The van der Waals surface area contributed by atoms with Gasteiger partial charge in [0.2, 0.25) is 5.91 Å². The van der Waals surface area contributed by atoms with E-state index in [0.29, 0.717) is 75.3 Å². The van der Waals surface area contributed by atoms with E-state index in [9.17, 15) is 39.3 Å². The number of nitrogens with one attached hydrogen (secondary N) is 6. The minimum Gasteiger partial charge on any atom is -0.506 e. The zero-order chi connectivity index (χ0) is 65.6. The van der Waals surface area contributed by atoms with Crippen molar-refractivity contribution in [3.63, 3.8) is 0 Å². The van der Waals surface area contributed by atoms with Crippen LogP contribution in [0, 0.1) is 38.0 Å². The first kappa shape index (κ1) is 68.7. The predicted octanol–water partition coefficient (Wildman–Crippen LogP) is 15.7. The Bertz CT molecular complexity index is 3860. The predicted molar refractivity (Wildman–Crippen MR) is 352 cm³/mol. The Hall–Kier alpha value is -10.4. The Kier molecular flexibility index (Phi) is 25.2. The van der Waals surface area contributed by atoms with Crippen LogP contribution in [-0.2, 0) is 20.8 Å². The quantitative estimate of drug-likeness (QED) is 0.0322. The Morgan fingerprint density at radius 2 is 1.17 bits per heavy atom. The van der Waals surface area contributed by atoms with Gasteiger partial charge in [-0.3, -0.25) is 19.2 Å². The van der Waals surface area contributed by atoms with Crippen LogP contribution in [0.5, 0.6) is 46.0 Å². The van der Waals surface area contributed by atoms with Crippen LogP contribution in [0.2, 0.25) is 10.0 Å². The van der Waals surface area contributed by atoms with Gasteiger partial charge in [-0.05, 0) is 154 Å². The molecular formula is C69H71Cl2N7O12. The van der Waals surface area contributed by atoms with Crippen LogP contribution in [-0.4, -0.2) is 64.3 Å². The summed E-state index contributed by atoms with van der Waals surface area (Å²) in [6, 6.07) is 45.2. The summed E-state index contributed by atoms with van der Waals surface area (Å²) in [6.45, 7) is 15.0. The summed E-state index contributed by atoms with van der Waals surface area (Å²) in [4.78, 5) is 62.2. The molecule has 21 heteroatoms. The molecule has 90 heavy (non-hydrogen) atoms. The van der Waals surface area contributed by atoms with Crippen molar-refractivity contribution in [2.45, 2.75) is 86.9 Å². The van der Waals surface area contributed by atoms with E-state index in [4.69, 9.17) is 47.4 Å². The fraction of sp³-hybridized carbons (Fsp3) is 0.217. The molecule has 0 radical (unpaired) electrons. The lowest BCUT2D eigenvalue weighted by molar-refractivity contribution is -0.123. The molecule has 468 valence electrons. The number of rotatable bonds is 20. The molecule has 0 fully saturated rings. The fourth-order valence-electron chi connectivity index (χ4n) is 8.40. The summed E-state index contributed by atoms with van der Waals surface area (Å²) >= 11 is 12.3. The molecule has 0 spiro atoms. The monoisotopic (exact) mass is 1260 g/mol. The van der Waals surface area contributed by atoms with Gasteiger partial charge in [0.15, 0.2) is 23.7 Å². The SMILES string of the molecule is CCC(Oc1cccc(C)c1)C(=O)Nc1ccc(NC(=O)c2ccccc2)c(O)c1.CCc1c(Cl)cc(NC(=O)C(CC)Oc2ccc(C)cc2C)c(O)c1Cl.COc1ccc(Oc2cc(NC(=O)Nc3ccc(C#N)cc3)c(O)cc2NC(=O)C(C)C)cc1. The Balaban J connectivity index is 0.000000217. The number of methoxy groups -OCH3 is 1. The molecule has 0 saturated carbocycles. The highest BCUT2D eigenvalue weighted by Gasteiger charge is 2.24. The molecular weight excluding hydrogens is 1190 g/mol. The third kappa shape index (κ3) is 19.8.